The van der Waals surface area contributed by atoms with Gasteiger partial charge in [-0.25, -0.2) is 0 Å². The standard InChI is InChI=1S/C3H7BrClO3P/c4-1-3(5)2-8-9(6)7/h3,9H,1-2H2,(H,6,7). The SMILES string of the molecule is O=[PH](O)OCC(Cl)CBr. The number of rotatable bonds is 4. The molecule has 0 saturated heterocycles. The smallest absolute Gasteiger partial charge is 0.316 e. The van der Waals surface area contributed by atoms with E-state index in [2.05, 4.69) is 20.5 Å². The molecule has 0 aliphatic heterocycles. The minimum absolute atomic E-state index is 0.112. The van der Waals surface area contributed by atoms with Crippen LogP contribution in [0.4, 0.5) is 0 Å². The maximum atomic E-state index is 9.91. The molecule has 0 aliphatic rings. The van der Waals surface area contributed by atoms with Crippen LogP contribution < -0.4 is 0 Å². The molecule has 0 amide bonds. The number of alkyl halides is 2. The molecule has 6 heteroatoms. The fraction of sp³-hybridized carbons (Fsp3) is 1.00. The van der Waals surface area contributed by atoms with Gasteiger partial charge in [0.15, 0.2) is 0 Å². The van der Waals surface area contributed by atoms with Crippen LogP contribution in [0, 0.1) is 0 Å². The lowest BCUT2D eigenvalue weighted by Crippen LogP contribution is -2.06. The van der Waals surface area contributed by atoms with Crippen molar-refractivity contribution in [2.75, 3.05) is 11.9 Å². The van der Waals surface area contributed by atoms with E-state index >= 15 is 0 Å². The number of hydrogen-bond donors (Lipinski definition) is 1. The van der Waals surface area contributed by atoms with Crippen LogP contribution in [0.1, 0.15) is 0 Å². The van der Waals surface area contributed by atoms with E-state index in [4.69, 9.17) is 16.5 Å². The van der Waals surface area contributed by atoms with Crippen molar-refractivity contribution in [1.29, 1.82) is 0 Å². The fourth-order valence-electron chi connectivity index (χ4n) is 0.206. The van der Waals surface area contributed by atoms with Crippen molar-refractivity contribution in [3.05, 3.63) is 0 Å². The summed E-state index contributed by atoms with van der Waals surface area (Å²) in [5.74, 6) is 0. The van der Waals surface area contributed by atoms with Crippen LogP contribution in [0.3, 0.4) is 0 Å². The summed E-state index contributed by atoms with van der Waals surface area (Å²) < 4.78 is 14.2. The van der Waals surface area contributed by atoms with Crippen molar-refractivity contribution in [3.8, 4) is 0 Å². The quantitative estimate of drug-likeness (QED) is 0.594. The van der Waals surface area contributed by atoms with Gasteiger partial charge in [-0.05, 0) is 0 Å². The Morgan fingerprint density at radius 1 is 1.89 bits per heavy atom. The second-order valence-electron chi connectivity index (χ2n) is 1.33. The van der Waals surface area contributed by atoms with Crippen LogP contribution in [0.2, 0.25) is 0 Å². The molecule has 0 spiro atoms. The third-order valence-corrected chi connectivity index (χ3v) is 2.40. The van der Waals surface area contributed by atoms with Crippen LogP contribution in [0.15, 0.2) is 0 Å². The van der Waals surface area contributed by atoms with Gasteiger partial charge in [0.05, 0.1) is 12.0 Å². The molecule has 0 saturated carbocycles. The summed E-state index contributed by atoms with van der Waals surface area (Å²) in [6, 6.07) is 0. The molecule has 1 N–H and O–H groups in total. The molecule has 3 nitrogen and oxygen atoms in total. The second kappa shape index (κ2) is 5.69. The van der Waals surface area contributed by atoms with E-state index in [0.29, 0.717) is 5.33 Å². The van der Waals surface area contributed by atoms with E-state index in [1.54, 1.807) is 0 Å². The van der Waals surface area contributed by atoms with Crippen molar-refractivity contribution in [2.45, 2.75) is 5.38 Å². The Balaban J connectivity index is 3.16. The van der Waals surface area contributed by atoms with Crippen molar-refractivity contribution in [2.24, 2.45) is 0 Å². The number of halogens is 2. The van der Waals surface area contributed by atoms with Gasteiger partial charge in [0.2, 0.25) is 0 Å². The van der Waals surface area contributed by atoms with Crippen LogP contribution in [-0.4, -0.2) is 22.2 Å². The van der Waals surface area contributed by atoms with Gasteiger partial charge in [0, 0.05) is 5.33 Å². The van der Waals surface area contributed by atoms with Gasteiger partial charge in [-0.15, -0.1) is 11.6 Å². The summed E-state index contributed by atoms with van der Waals surface area (Å²) >= 11 is 8.58. The second-order valence-corrected chi connectivity index (χ2v) is 3.41. The van der Waals surface area contributed by atoms with Crippen molar-refractivity contribution < 1.29 is 14.0 Å². The van der Waals surface area contributed by atoms with Gasteiger partial charge >= 0.3 is 8.25 Å². The highest BCUT2D eigenvalue weighted by Crippen LogP contribution is 2.16. The largest absolute Gasteiger partial charge is 0.326 e. The summed E-state index contributed by atoms with van der Waals surface area (Å²) in [4.78, 5) is 8.15. The van der Waals surface area contributed by atoms with E-state index in [-0.39, 0.29) is 12.0 Å². The molecule has 9 heavy (non-hydrogen) atoms. The molecule has 0 rings (SSSR count). The Morgan fingerprint density at radius 2 is 2.44 bits per heavy atom. The molecule has 0 aromatic heterocycles. The van der Waals surface area contributed by atoms with Crippen LogP contribution in [0.25, 0.3) is 0 Å². The first-order valence-electron chi connectivity index (χ1n) is 2.22. The molecule has 0 fully saturated rings. The lowest BCUT2D eigenvalue weighted by Gasteiger charge is -2.02. The summed E-state index contributed by atoms with van der Waals surface area (Å²) in [6.45, 7) is 0.112. The zero-order valence-corrected chi connectivity index (χ0v) is 7.85. The molecule has 0 aromatic carbocycles. The normalized spacial score (nSPS) is 17.2. The summed E-state index contributed by atoms with van der Waals surface area (Å²) in [6.07, 6.45) is 0. The first kappa shape index (κ1) is 9.92. The lowest BCUT2D eigenvalue weighted by atomic mass is 10.5. The predicted octanol–water partition coefficient (Wildman–Crippen LogP) is 1.39. The molecule has 56 valence electrons. The Kier molecular flexibility index (Phi) is 6.27. The highest BCUT2D eigenvalue weighted by molar-refractivity contribution is 9.09. The lowest BCUT2D eigenvalue weighted by molar-refractivity contribution is 0.285. The molecule has 2 atom stereocenters. The van der Waals surface area contributed by atoms with Crippen LogP contribution in [-0.2, 0) is 9.09 Å². The third-order valence-electron chi connectivity index (χ3n) is 0.555. The van der Waals surface area contributed by atoms with Crippen molar-refractivity contribution >= 4 is 35.8 Å². The molecule has 0 heterocycles. The van der Waals surface area contributed by atoms with Crippen LogP contribution in [0.5, 0.6) is 0 Å². The maximum Gasteiger partial charge on any atom is 0.316 e. The minimum atomic E-state index is -2.79. The van der Waals surface area contributed by atoms with Gasteiger partial charge in [-0.3, -0.25) is 4.57 Å². The molecule has 0 aromatic rings. The average Bonchev–Trinajstić information content (AvgIpc) is 1.83. The third kappa shape index (κ3) is 6.81. The minimum Gasteiger partial charge on any atom is -0.326 e. The summed E-state index contributed by atoms with van der Waals surface area (Å²) in [5.41, 5.74) is 0. The molecule has 2 unspecified atom stereocenters. The van der Waals surface area contributed by atoms with Gasteiger partial charge in [0.1, 0.15) is 0 Å². The zero-order valence-electron chi connectivity index (χ0n) is 4.51. The van der Waals surface area contributed by atoms with E-state index in [0.717, 1.165) is 0 Å². The first-order valence-corrected chi connectivity index (χ1v) is 5.04. The maximum absolute atomic E-state index is 9.91. The van der Waals surface area contributed by atoms with Crippen molar-refractivity contribution in [1.82, 2.24) is 0 Å². The average molecular weight is 237 g/mol. The van der Waals surface area contributed by atoms with Gasteiger partial charge in [-0.1, -0.05) is 15.9 Å². The van der Waals surface area contributed by atoms with E-state index in [1.165, 1.54) is 0 Å². The monoisotopic (exact) mass is 236 g/mol. The first-order chi connectivity index (χ1) is 4.16. The van der Waals surface area contributed by atoms with E-state index in [9.17, 15) is 4.57 Å². The highest BCUT2D eigenvalue weighted by Gasteiger charge is 2.02. The Hall–Kier alpha value is 0.920. The van der Waals surface area contributed by atoms with Gasteiger partial charge < -0.3 is 9.42 Å². The Labute approximate surface area is 67.4 Å². The topological polar surface area (TPSA) is 46.5 Å². The molecule has 0 aliphatic carbocycles. The fourth-order valence-corrected chi connectivity index (χ4v) is 0.906. The molecule has 0 bridgehead atoms. The molecule has 0 radical (unpaired) electrons. The Bertz CT molecular complexity index is 101. The van der Waals surface area contributed by atoms with E-state index in [1.807, 2.05) is 0 Å². The summed E-state index contributed by atoms with van der Waals surface area (Å²) in [5, 5.41) is 0.329. The molecular weight excluding hydrogens is 230 g/mol. The van der Waals surface area contributed by atoms with Crippen LogP contribution >= 0.6 is 35.8 Å². The van der Waals surface area contributed by atoms with Crippen molar-refractivity contribution in [3.63, 3.8) is 0 Å². The van der Waals surface area contributed by atoms with Gasteiger partial charge in [-0.2, -0.15) is 0 Å². The number of hydrogen-bond acceptors (Lipinski definition) is 2. The Morgan fingerprint density at radius 3 is 2.78 bits per heavy atom. The predicted molar refractivity (Wildman–Crippen MR) is 40.6 cm³/mol. The summed E-state index contributed by atoms with van der Waals surface area (Å²) in [7, 11) is -2.79. The highest BCUT2D eigenvalue weighted by atomic mass is 79.9. The molecular formula is C3H7BrClO3P. The van der Waals surface area contributed by atoms with Gasteiger partial charge in [0.25, 0.3) is 0 Å². The zero-order chi connectivity index (χ0) is 7.28. The van der Waals surface area contributed by atoms with E-state index < -0.39 is 8.25 Å².